The fraction of sp³-hybridized carbons (Fsp3) is 0.333. The van der Waals surface area contributed by atoms with Crippen molar-refractivity contribution < 1.29 is 14.7 Å². The summed E-state index contributed by atoms with van der Waals surface area (Å²) in [4.78, 5) is 22.7. The zero-order valence-corrected chi connectivity index (χ0v) is 11.3. The second-order valence-corrected chi connectivity index (χ2v) is 4.43. The van der Waals surface area contributed by atoms with Gasteiger partial charge >= 0.3 is 5.97 Å². The molecule has 4 N–H and O–H groups in total. The van der Waals surface area contributed by atoms with Gasteiger partial charge < -0.3 is 16.2 Å². The number of carbonyl (C=O) groups is 2. The summed E-state index contributed by atoms with van der Waals surface area (Å²) in [5, 5.41) is 11.5. The summed E-state index contributed by atoms with van der Waals surface area (Å²) in [6, 6.07) is 8.47. The summed E-state index contributed by atoms with van der Waals surface area (Å²) >= 11 is 0. The molecule has 0 aliphatic rings. The highest BCUT2D eigenvalue weighted by Crippen LogP contribution is 2.03. The molecule has 0 radical (unpaired) electrons. The molecule has 0 spiro atoms. The first kappa shape index (κ1) is 15.9. The number of carboxylic acids is 1. The van der Waals surface area contributed by atoms with Crippen molar-refractivity contribution in [1.29, 1.82) is 0 Å². The van der Waals surface area contributed by atoms with Crippen LogP contribution in [0.15, 0.2) is 36.4 Å². The average molecular weight is 276 g/mol. The Labute approximate surface area is 118 Å². The van der Waals surface area contributed by atoms with Crippen molar-refractivity contribution in [2.24, 2.45) is 5.73 Å². The van der Waals surface area contributed by atoms with Crippen LogP contribution in [0.2, 0.25) is 0 Å². The molecule has 0 heterocycles. The van der Waals surface area contributed by atoms with E-state index in [-0.39, 0.29) is 0 Å². The van der Waals surface area contributed by atoms with Gasteiger partial charge in [-0.15, -0.1) is 0 Å². The number of nitrogens with one attached hydrogen (secondary N) is 1. The quantitative estimate of drug-likeness (QED) is 0.494. The molecule has 0 aromatic heterocycles. The van der Waals surface area contributed by atoms with Crippen molar-refractivity contribution in [3.63, 3.8) is 0 Å². The second-order valence-electron chi connectivity index (χ2n) is 4.43. The largest absolute Gasteiger partial charge is 0.480 e. The normalized spacial score (nSPS) is 12.2. The highest BCUT2D eigenvalue weighted by molar-refractivity contribution is 5.94. The van der Waals surface area contributed by atoms with Crippen LogP contribution in [0.25, 0.3) is 6.08 Å². The van der Waals surface area contributed by atoms with E-state index in [1.54, 1.807) is 6.08 Å². The molecule has 5 heteroatoms. The maximum Gasteiger partial charge on any atom is 0.326 e. The van der Waals surface area contributed by atoms with Crippen LogP contribution in [0.4, 0.5) is 0 Å². The summed E-state index contributed by atoms with van der Waals surface area (Å²) in [6.07, 6.45) is 4.80. The van der Waals surface area contributed by atoms with E-state index >= 15 is 0 Å². The molecule has 0 saturated carbocycles. The van der Waals surface area contributed by atoms with E-state index in [0.29, 0.717) is 19.4 Å². The highest BCUT2D eigenvalue weighted by Gasteiger charge is 2.17. The molecule has 1 aromatic carbocycles. The number of aliphatic carboxylic acids is 1. The smallest absolute Gasteiger partial charge is 0.326 e. The zero-order valence-electron chi connectivity index (χ0n) is 11.3. The van der Waals surface area contributed by atoms with Gasteiger partial charge in [-0.2, -0.15) is 0 Å². The highest BCUT2D eigenvalue weighted by atomic mass is 16.4. The van der Waals surface area contributed by atoms with Gasteiger partial charge in [0.15, 0.2) is 0 Å². The molecule has 0 saturated heterocycles. The number of benzene rings is 1. The van der Waals surface area contributed by atoms with E-state index < -0.39 is 17.9 Å². The van der Waals surface area contributed by atoms with Gasteiger partial charge in [-0.3, -0.25) is 4.79 Å². The fourth-order valence-electron chi connectivity index (χ4n) is 1.71. The Morgan fingerprint density at radius 1 is 1.25 bits per heavy atom. The number of amides is 1. The standard InChI is InChI=1S/C15H20N2O3/c16-11-5-4-8-13(15(19)20)17-14(18)10-9-12-6-2-1-3-7-12/h1-3,6-7,9-10,13H,4-5,8,11,16H2,(H,17,18)(H,19,20)/b10-9+. The maximum absolute atomic E-state index is 11.7. The molecule has 1 rings (SSSR count). The van der Waals surface area contributed by atoms with Crippen molar-refractivity contribution >= 4 is 18.0 Å². The Balaban J connectivity index is 2.49. The molecule has 0 aliphatic heterocycles. The summed E-state index contributed by atoms with van der Waals surface area (Å²) in [5.74, 6) is -1.43. The van der Waals surface area contributed by atoms with E-state index in [1.807, 2.05) is 30.3 Å². The Morgan fingerprint density at radius 2 is 1.95 bits per heavy atom. The Morgan fingerprint density at radius 3 is 2.55 bits per heavy atom. The minimum atomic E-state index is -1.02. The molecule has 20 heavy (non-hydrogen) atoms. The van der Waals surface area contributed by atoms with Gasteiger partial charge in [0.25, 0.3) is 0 Å². The molecule has 1 unspecified atom stereocenters. The zero-order chi connectivity index (χ0) is 14.8. The van der Waals surface area contributed by atoms with Gasteiger partial charge in [-0.1, -0.05) is 30.3 Å². The van der Waals surface area contributed by atoms with Crippen LogP contribution >= 0.6 is 0 Å². The van der Waals surface area contributed by atoms with Crippen LogP contribution in [0.5, 0.6) is 0 Å². The molecule has 0 bridgehead atoms. The lowest BCUT2D eigenvalue weighted by Gasteiger charge is -2.12. The van der Waals surface area contributed by atoms with Crippen molar-refractivity contribution in [3.05, 3.63) is 42.0 Å². The molecular formula is C15H20N2O3. The van der Waals surface area contributed by atoms with Crippen LogP contribution in [0.3, 0.4) is 0 Å². The predicted octanol–water partition coefficient (Wildman–Crippen LogP) is 1.40. The lowest BCUT2D eigenvalue weighted by atomic mass is 10.1. The average Bonchev–Trinajstić information content (AvgIpc) is 2.45. The first-order valence-corrected chi connectivity index (χ1v) is 6.60. The molecule has 0 fully saturated rings. The van der Waals surface area contributed by atoms with E-state index in [2.05, 4.69) is 5.32 Å². The van der Waals surface area contributed by atoms with Gasteiger partial charge in [0, 0.05) is 6.08 Å². The third-order valence-electron chi connectivity index (χ3n) is 2.79. The third-order valence-corrected chi connectivity index (χ3v) is 2.79. The summed E-state index contributed by atoms with van der Waals surface area (Å²) in [6.45, 7) is 0.522. The van der Waals surface area contributed by atoms with Crippen molar-refractivity contribution in [3.8, 4) is 0 Å². The van der Waals surface area contributed by atoms with Gasteiger partial charge in [0.2, 0.25) is 5.91 Å². The number of carbonyl (C=O) groups excluding carboxylic acids is 1. The molecule has 1 amide bonds. The maximum atomic E-state index is 11.7. The van der Waals surface area contributed by atoms with Gasteiger partial charge in [-0.05, 0) is 37.4 Å². The minimum Gasteiger partial charge on any atom is -0.480 e. The van der Waals surface area contributed by atoms with Gasteiger partial charge in [-0.25, -0.2) is 4.79 Å². The first-order valence-electron chi connectivity index (χ1n) is 6.60. The van der Waals surface area contributed by atoms with E-state index in [0.717, 1.165) is 12.0 Å². The van der Waals surface area contributed by atoms with Crippen LogP contribution in [0.1, 0.15) is 24.8 Å². The number of carboxylic acid groups (broad SMARTS) is 1. The van der Waals surface area contributed by atoms with Crippen LogP contribution in [-0.2, 0) is 9.59 Å². The molecule has 1 atom stereocenters. The van der Waals surface area contributed by atoms with Gasteiger partial charge in [0.05, 0.1) is 0 Å². The lowest BCUT2D eigenvalue weighted by Crippen LogP contribution is -2.39. The molecule has 5 nitrogen and oxygen atoms in total. The molecular weight excluding hydrogens is 256 g/mol. The monoisotopic (exact) mass is 276 g/mol. The summed E-state index contributed by atoms with van der Waals surface area (Å²) < 4.78 is 0. The molecule has 0 aliphatic carbocycles. The Kier molecular flexibility index (Phi) is 7.06. The number of rotatable bonds is 8. The Hall–Kier alpha value is -2.14. The first-order chi connectivity index (χ1) is 9.63. The third kappa shape index (κ3) is 6.15. The van der Waals surface area contributed by atoms with E-state index in [4.69, 9.17) is 10.8 Å². The van der Waals surface area contributed by atoms with Gasteiger partial charge in [0.1, 0.15) is 6.04 Å². The van der Waals surface area contributed by atoms with Crippen LogP contribution in [-0.4, -0.2) is 29.6 Å². The van der Waals surface area contributed by atoms with Crippen molar-refractivity contribution in [1.82, 2.24) is 5.32 Å². The number of hydrogen-bond acceptors (Lipinski definition) is 3. The van der Waals surface area contributed by atoms with E-state index in [9.17, 15) is 9.59 Å². The van der Waals surface area contributed by atoms with Crippen LogP contribution < -0.4 is 11.1 Å². The summed E-state index contributed by atoms with van der Waals surface area (Å²) in [7, 11) is 0. The van der Waals surface area contributed by atoms with E-state index in [1.165, 1.54) is 6.08 Å². The predicted molar refractivity (Wildman–Crippen MR) is 77.9 cm³/mol. The number of hydrogen-bond donors (Lipinski definition) is 3. The summed E-state index contributed by atoms with van der Waals surface area (Å²) in [5.41, 5.74) is 6.24. The number of nitrogens with two attached hydrogens (primary N) is 1. The number of unbranched alkanes of at least 4 members (excludes halogenated alkanes) is 1. The lowest BCUT2D eigenvalue weighted by molar-refractivity contribution is -0.141. The van der Waals surface area contributed by atoms with Crippen molar-refractivity contribution in [2.75, 3.05) is 6.54 Å². The van der Waals surface area contributed by atoms with Crippen molar-refractivity contribution in [2.45, 2.75) is 25.3 Å². The minimum absolute atomic E-state index is 0.386. The fourth-order valence-corrected chi connectivity index (χ4v) is 1.71. The molecule has 108 valence electrons. The Bertz CT molecular complexity index is 457. The van der Waals surface area contributed by atoms with Crippen LogP contribution in [0, 0.1) is 0 Å². The topological polar surface area (TPSA) is 92.4 Å². The molecule has 1 aromatic rings. The second kappa shape index (κ2) is 8.87. The SMILES string of the molecule is NCCCCC(NC(=O)/C=C/c1ccccc1)C(=O)O.